The summed E-state index contributed by atoms with van der Waals surface area (Å²) in [5, 5.41) is 12.8. The van der Waals surface area contributed by atoms with Gasteiger partial charge in [0, 0.05) is 12.5 Å². The molecule has 0 radical (unpaired) electrons. The second-order valence-corrected chi connectivity index (χ2v) is 4.63. The van der Waals surface area contributed by atoms with Gasteiger partial charge in [-0.05, 0) is 37.6 Å². The lowest BCUT2D eigenvalue weighted by molar-refractivity contribution is 0.178. The van der Waals surface area contributed by atoms with Crippen LogP contribution in [0, 0.1) is 0 Å². The molecule has 1 saturated carbocycles. The fourth-order valence-electron chi connectivity index (χ4n) is 1.99. The molecule has 0 amide bonds. The number of benzene rings is 1. The normalized spacial score (nSPS) is 17.5. The second-order valence-electron chi connectivity index (χ2n) is 4.63. The summed E-state index contributed by atoms with van der Waals surface area (Å²) in [5.74, 6) is 1.37. The van der Waals surface area contributed by atoms with Crippen LogP contribution in [0.1, 0.15) is 36.3 Å². The quantitative estimate of drug-likeness (QED) is 0.846. The molecule has 4 nitrogen and oxygen atoms in total. The third kappa shape index (κ3) is 2.06. The van der Waals surface area contributed by atoms with E-state index in [-0.39, 0.29) is 0 Å². The Hall–Kier alpha value is -1.39. The Morgan fingerprint density at radius 1 is 1.53 bits per heavy atom. The lowest BCUT2D eigenvalue weighted by Crippen LogP contribution is -2.16. The predicted octanol–water partition coefficient (Wildman–Crippen LogP) is 1.96. The van der Waals surface area contributed by atoms with Crippen LogP contribution in [0.15, 0.2) is 22.6 Å². The number of oxazole rings is 1. The van der Waals surface area contributed by atoms with Crippen LogP contribution in [-0.2, 0) is 0 Å². The first-order chi connectivity index (χ1) is 8.28. The van der Waals surface area contributed by atoms with Crippen LogP contribution in [-0.4, -0.2) is 23.7 Å². The summed E-state index contributed by atoms with van der Waals surface area (Å²) in [4.78, 5) is 4.48. The molecule has 1 heterocycles. The molecule has 2 N–H and O–H groups in total. The molecule has 1 fully saturated rings. The van der Waals surface area contributed by atoms with E-state index in [2.05, 4.69) is 10.3 Å². The average Bonchev–Trinajstić information content (AvgIpc) is 3.08. The summed E-state index contributed by atoms with van der Waals surface area (Å²) in [6.07, 6.45) is 1.87. The van der Waals surface area contributed by atoms with Gasteiger partial charge in [-0.25, -0.2) is 4.98 Å². The van der Waals surface area contributed by atoms with Gasteiger partial charge in [-0.2, -0.15) is 0 Å². The van der Waals surface area contributed by atoms with Crippen molar-refractivity contribution in [3.8, 4) is 0 Å². The van der Waals surface area contributed by atoms with Crippen molar-refractivity contribution in [3.63, 3.8) is 0 Å². The van der Waals surface area contributed by atoms with Crippen LogP contribution < -0.4 is 5.32 Å². The first kappa shape index (κ1) is 10.7. The summed E-state index contributed by atoms with van der Waals surface area (Å²) in [6.45, 7) is 0.541. The Bertz CT molecular complexity index is 531. The Morgan fingerprint density at radius 2 is 2.35 bits per heavy atom. The van der Waals surface area contributed by atoms with Crippen molar-refractivity contribution in [3.05, 3.63) is 29.7 Å². The molecular formula is C13H16N2O2. The largest absolute Gasteiger partial charge is 0.440 e. The topological polar surface area (TPSA) is 58.3 Å². The number of likely N-dealkylation sites (N-methyl/N-ethyl adjacent to an activating group) is 1. The molecule has 2 aromatic rings. The Balaban J connectivity index is 1.94. The van der Waals surface area contributed by atoms with E-state index in [1.165, 1.54) is 12.8 Å². The first-order valence-electron chi connectivity index (χ1n) is 6.01. The van der Waals surface area contributed by atoms with Crippen molar-refractivity contribution in [1.29, 1.82) is 0 Å². The summed E-state index contributed by atoms with van der Waals surface area (Å²) in [7, 11) is 1.82. The third-order valence-electron chi connectivity index (χ3n) is 3.14. The molecule has 1 aliphatic carbocycles. The van der Waals surface area contributed by atoms with Crippen molar-refractivity contribution in [2.24, 2.45) is 0 Å². The van der Waals surface area contributed by atoms with Crippen molar-refractivity contribution >= 4 is 11.1 Å². The number of hydrogen-bond acceptors (Lipinski definition) is 4. The molecule has 90 valence electrons. The first-order valence-corrected chi connectivity index (χ1v) is 6.01. The molecule has 0 aliphatic heterocycles. The minimum Gasteiger partial charge on any atom is -0.440 e. The number of hydrogen-bond donors (Lipinski definition) is 2. The smallest absolute Gasteiger partial charge is 0.198 e. The predicted molar refractivity (Wildman–Crippen MR) is 64.9 cm³/mol. The van der Waals surface area contributed by atoms with Gasteiger partial charge >= 0.3 is 0 Å². The molecule has 17 heavy (non-hydrogen) atoms. The maximum atomic E-state index is 9.89. The van der Waals surface area contributed by atoms with Gasteiger partial charge in [-0.15, -0.1) is 0 Å². The van der Waals surface area contributed by atoms with Crippen molar-refractivity contribution in [2.45, 2.75) is 24.9 Å². The number of nitrogens with one attached hydrogen (secondary N) is 1. The minimum absolute atomic E-state index is 0.495. The fraction of sp³-hybridized carbons (Fsp3) is 0.462. The minimum atomic E-state index is -0.495. The number of fused-ring (bicyclic) bond motifs is 1. The zero-order valence-corrected chi connectivity index (χ0v) is 9.81. The maximum Gasteiger partial charge on any atom is 0.198 e. The van der Waals surface area contributed by atoms with Gasteiger partial charge in [0.2, 0.25) is 0 Å². The van der Waals surface area contributed by atoms with Gasteiger partial charge < -0.3 is 14.8 Å². The molecule has 1 aromatic carbocycles. The van der Waals surface area contributed by atoms with Gasteiger partial charge in [0.05, 0.1) is 6.10 Å². The van der Waals surface area contributed by atoms with Crippen molar-refractivity contribution < 1.29 is 9.52 Å². The van der Waals surface area contributed by atoms with E-state index in [0.29, 0.717) is 12.5 Å². The van der Waals surface area contributed by atoms with Crippen molar-refractivity contribution in [1.82, 2.24) is 10.3 Å². The van der Waals surface area contributed by atoms with Crippen LogP contribution in [0.5, 0.6) is 0 Å². The molecule has 4 heteroatoms. The Morgan fingerprint density at radius 3 is 3.06 bits per heavy atom. The summed E-state index contributed by atoms with van der Waals surface area (Å²) in [5.41, 5.74) is 2.54. The summed E-state index contributed by atoms with van der Waals surface area (Å²) in [6, 6.07) is 5.70. The molecule has 1 atom stereocenters. The Labute approximate surface area is 99.7 Å². The average molecular weight is 232 g/mol. The molecule has 0 spiro atoms. The zero-order valence-electron chi connectivity index (χ0n) is 9.81. The third-order valence-corrected chi connectivity index (χ3v) is 3.14. The van der Waals surface area contributed by atoms with E-state index >= 15 is 0 Å². The van der Waals surface area contributed by atoms with Gasteiger partial charge in [0.1, 0.15) is 5.52 Å². The van der Waals surface area contributed by atoms with Gasteiger partial charge in [0.15, 0.2) is 11.5 Å². The van der Waals surface area contributed by atoms with E-state index in [1.54, 1.807) is 0 Å². The molecule has 1 aromatic heterocycles. The summed E-state index contributed by atoms with van der Waals surface area (Å²) < 4.78 is 5.68. The van der Waals surface area contributed by atoms with Crippen LogP contribution in [0.25, 0.3) is 11.1 Å². The van der Waals surface area contributed by atoms with Crippen LogP contribution >= 0.6 is 0 Å². The molecule has 3 rings (SSSR count). The number of rotatable bonds is 4. The van der Waals surface area contributed by atoms with Gasteiger partial charge in [-0.3, -0.25) is 0 Å². The van der Waals surface area contributed by atoms with Gasteiger partial charge in [0.25, 0.3) is 0 Å². The number of aromatic nitrogens is 1. The van der Waals surface area contributed by atoms with Crippen LogP contribution in [0.4, 0.5) is 0 Å². The molecule has 1 aliphatic rings. The van der Waals surface area contributed by atoms with Crippen LogP contribution in [0.2, 0.25) is 0 Å². The number of aliphatic hydroxyl groups excluding tert-OH is 1. The molecule has 0 bridgehead atoms. The van der Waals surface area contributed by atoms with Crippen LogP contribution in [0.3, 0.4) is 0 Å². The monoisotopic (exact) mass is 232 g/mol. The number of aliphatic hydroxyl groups is 1. The van der Waals surface area contributed by atoms with Gasteiger partial charge in [-0.1, -0.05) is 6.07 Å². The standard InChI is InChI=1S/C13H16N2O2/c1-14-7-11(16)9-4-5-12-10(6-9)15-13(17-12)8-2-3-8/h4-6,8,11,14,16H,2-3,7H2,1H3. The maximum absolute atomic E-state index is 9.89. The highest BCUT2D eigenvalue weighted by molar-refractivity contribution is 5.73. The van der Waals surface area contributed by atoms with E-state index in [4.69, 9.17) is 4.42 Å². The van der Waals surface area contributed by atoms with E-state index in [0.717, 1.165) is 22.6 Å². The molecule has 1 unspecified atom stereocenters. The lowest BCUT2D eigenvalue weighted by atomic mass is 10.1. The highest BCUT2D eigenvalue weighted by Gasteiger charge is 2.28. The van der Waals surface area contributed by atoms with E-state index < -0.39 is 6.10 Å². The SMILES string of the molecule is CNCC(O)c1ccc2oc(C3CC3)nc2c1. The zero-order chi connectivity index (χ0) is 11.8. The van der Waals surface area contributed by atoms with E-state index in [1.807, 2.05) is 25.2 Å². The highest BCUT2D eigenvalue weighted by Crippen LogP contribution is 2.40. The fourth-order valence-corrected chi connectivity index (χ4v) is 1.99. The summed E-state index contributed by atoms with van der Waals surface area (Å²) >= 11 is 0. The second kappa shape index (κ2) is 4.13. The Kier molecular flexibility index (Phi) is 2.61. The molecule has 0 saturated heterocycles. The molecular weight excluding hydrogens is 216 g/mol. The highest BCUT2D eigenvalue weighted by atomic mass is 16.3. The van der Waals surface area contributed by atoms with Crippen molar-refractivity contribution in [2.75, 3.05) is 13.6 Å². The van der Waals surface area contributed by atoms with E-state index in [9.17, 15) is 5.11 Å². The lowest BCUT2D eigenvalue weighted by Gasteiger charge is -2.09. The number of nitrogens with zero attached hydrogens (tertiary/aromatic N) is 1.